The maximum atomic E-state index is 11.5. The van der Waals surface area contributed by atoms with E-state index in [1.54, 1.807) is 6.92 Å². The molecule has 0 radical (unpaired) electrons. The Morgan fingerprint density at radius 1 is 1.45 bits per heavy atom. The third-order valence-electron chi connectivity index (χ3n) is 3.54. The predicted octanol–water partition coefficient (Wildman–Crippen LogP) is 2.84. The van der Waals surface area contributed by atoms with E-state index in [2.05, 4.69) is 30.2 Å². The largest absolute Gasteiger partial charge is 0.462 e. The van der Waals surface area contributed by atoms with Gasteiger partial charge in [0.15, 0.2) is 5.57 Å². The number of benzene rings is 1. The number of aromatic nitrogens is 1. The SMILES string of the molecule is CCOC(=O)/C(C#N)=C/NCc1ccc2[nH]c(C)c(C)c2c1. The second-order valence-corrected chi connectivity index (χ2v) is 5.03. The van der Waals surface area contributed by atoms with Crippen molar-refractivity contribution in [2.75, 3.05) is 6.61 Å². The third kappa shape index (κ3) is 3.29. The van der Waals surface area contributed by atoms with Crippen molar-refractivity contribution in [1.29, 1.82) is 5.26 Å². The van der Waals surface area contributed by atoms with E-state index < -0.39 is 5.97 Å². The number of carbonyl (C=O) groups is 1. The van der Waals surface area contributed by atoms with Crippen molar-refractivity contribution in [3.05, 3.63) is 46.8 Å². The lowest BCUT2D eigenvalue weighted by atomic mass is 10.1. The minimum absolute atomic E-state index is 0.0309. The van der Waals surface area contributed by atoms with Gasteiger partial charge in [0.2, 0.25) is 0 Å². The smallest absolute Gasteiger partial charge is 0.350 e. The van der Waals surface area contributed by atoms with Gasteiger partial charge in [-0.2, -0.15) is 5.26 Å². The van der Waals surface area contributed by atoms with Gasteiger partial charge in [-0.05, 0) is 44.0 Å². The molecule has 0 aliphatic rings. The van der Waals surface area contributed by atoms with Crippen molar-refractivity contribution in [2.24, 2.45) is 0 Å². The average Bonchev–Trinajstić information content (AvgIpc) is 2.79. The topological polar surface area (TPSA) is 77.9 Å². The first-order valence-corrected chi connectivity index (χ1v) is 7.15. The number of nitrogens with one attached hydrogen (secondary N) is 2. The van der Waals surface area contributed by atoms with Crippen molar-refractivity contribution >= 4 is 16.9 Å². The van der Waals surface area contributed by atoms with Crippen molar-refractivity contribution < 1.29 is 9.53 Å². The highest BCUT2D eigenvalue weighted by Crippen LogP contribution is 2.22. The summed E-state index contributed by atoms with van der Waals surface area (Å²) in [6.45, 7) is 6.62. The van der Waals surface area contributed by atoms with E-state index in [-0.39, 0.29) is 12.2 Å². The van der Waals surface area contributed by atoms with Crippen LogP contribution in [-0.4, -0.2) is 17.6 Å². The summed E-state index contributed by atoms with van der Waals surface area (Å²) >= 11 is 0. The maximum absolute atomic E-state index is 11.5. The molecule has 0 aliphatic heterocycles. The Morgan fingerprint density at radius 2 is 2.23 bits per heavy atom. The summed E-state index contributed by atoms with van der Waals surface area (Å²) in [6, 6.07) is 7.98. The number of aromatic amines is 1. The van der Waals surface area contributed by atoms with Crippen LogP contribution in [-0.2, 0) is 16.1 Å². The molecule has 0 aliphatic carbocycles. The molecule has 1 heterocycles. The van der Waals surface area contributed by atoms with Crippen molar-refractivity contribution in [3.8, 4) is 6.07 Å². The van der Waals surface area contributed by atoms with Crippen molar-refractivity contribution in [2.45, 2.75) is 27.3 Å². The molecule has 5 nitrogen and oxygen atoms in total. The molecule has 114 valence electrons. The molecule has 0 saturated carbocycles. The minimum Gasteiger partial charge on any atom is -0.462 e. The summed E-state index contributed by atoms with van der Waals surface area (Å²) in [7, 11) is 0. The van der Waals surface area contributed by atoms with Gasteiger partial charge < -0.3 is 15.0 Å². The van der Waals surface area contributed by atoms with Crippen LogP contribution in [0.1, 0.15) is 23.7 Å². The summed E-state index contributed by atoms with van der Waals surface area (Å²) in [4.78, 5) is 14.8. The molecule has 2 N–H and O–H groups in total. The Kier molecular flexibility index (Phi) is 4.84. The third-order valence-corrected chi connectivity index (χ3v) is 3.54. The number of hydrogen-bond acceptors (Lipinski definition) is 4. The van der Waals surface area contributed by atoms with E-state index in [0.717, 1.165) is 16.8 Å². The standard InChI is InChI=1S/C17H19N3O2/c1-4-22-17(21)14(8-18)10-19-9-13-5-6-16-15(7-13)11(2)12(3)20-16/h5-7,10,19-20H,4,9H2,1-3H3/b14-10+. The number of nitriles is 1. The number of aryl methyl sites for hydroxylation is 2. The number of rotatable bonds is 5. The molecule has 5 heteroatoms. The molecule has 1 aromatic carbocycles. The lowest BCUT2D eigenvalue weighted by Gasteiger charge is -2.04. The summed E-state index contributed by atoms with van der Waals surface area (Å²) < 4.78 is 4.80. The van der Waals surface area contributed by atoms with Crippen LogP contribution in [0.15, 0.2) is 30.0 Å². The Balaban J connectivity index is 2.10. The number of H-pyrrole nitrogens is 1. The van der Waals surface area contributed by atoms with E-state index in [1.807, 2.05) is 18.2 Å². The van der Waals surface area contributed by atoms with Crippen LogP contribution in [0, 0.1) is 25.2 Å². The Labute approximate surface area is 129 Å². The van der Waals surface area contributed by atoms with Gasteiger partial charge in [0.05, 0.1) is 6.61 Å². The van der Waals surface area contributed by atoms with Crippen LogP contribution in [0.2, 0.25) is 0 Å². The number of nitrogens with zero attached hydrogens (tertiary/aromatic N) is 1. The van der Waals surface area contributed by atoms with E-state index in [9.17, 15) is 4.79 Å². The van der Waals surface area contributed by atoms with E-state index in [1.165, 1.54) is 17.1 Å². The summed E-state index contributed by atoms with van der Waals surface area (Å²) in [6.07, 6.45) is 1.40. The number of ether oxygens (including phenoxy) is 1. The Bertz CT molecular complexity index is 766. The van der Waals surface area contributed by atoms with Gasteiger partial charge in [0.25, 0.3) is 0 Å². The second-order valence-electron chi connectivity index (χ2n) is 5.03. The van der Waals surface area contributed by atoms with Gasteiger partial charge in [-0.3, -0.25) is 0 Å². The molecule has 2 rings (SSSR count). The van der Waals surface area contributed by atoms with Gasteiger partial charge in [0.1, 0.15) is 6.07 Å². The average molecular weight is 297 g/mol. The fraction of sp³-hybridized carbons (Fsp3) is 0.294. The molecule has 0 fully saturated rings. The van der Waals surface area contributed by atoms with Crippen LogP contribution in [0.5, 0.6) is 0 Å². The number of fused-ring (bicyclic) bond motifs is 1. The van der Waals surface area contributed by atoms with Crippen LogP contribution < -0.4 is 5.32 Å². The van der Waals surface area contributed by atoms with Crippen molar-refractivity contribution in [1.82, 2.24) is 10.3 Å². The molecular weight excluding hydrogens is 278 g/mol. The van der Waals surface area contributed by atoms with Gasteiger partial charge in [-0.25, -0.2) is 4.79 Å². The van der Waals surface area contributed by atoms with Gasteiger partial charge in [-0.15, -0.1) is 0 Å². The highest BCUT2D eigenvalue weighted by molar-refractivity contribution is 5.92. The predicted molar refractivity (Wildman–Crippen MR) is 84.9 cm³/mol. The fourth-order valence-electron chi connectivity index (χ4n) is 2.24. The maximum Gasteiger partial charge on any atom is 0.350 e. The molecule has 2 aromatic rings. The molecule has 0 saturated heterocycles. The van der Waals surface area contributed by atoms with Crippen LogP contribution >= 0.6 is 0 Å². The molecule has 0 amide bonds. The van der Waals surface area contributed by atoms with Gasteiger partial charge in [0, 0.05) is 29.3 Å². The molecule has 0 bridgehead atoms. The number of hydrogen-bond donors (Lipinski definition) is 2. The zero-order chi connectivity index (χ0) is 16.1. The lowest BCUT2D eigenvalue weighted by molar-refractivity contribution is -0.138. The van der Waals surface area contributed by atoms with Gasteiger partial charge >= 0.3 is 5.97 Å². The van der Waals surface area contributed by atoms with Crippen LogP contribution in [0.3, 0.4) is 0 Å². The lowest BCUT2D eigenvalue weighted by Crippen LogP contribution is -2.12. The minimum atomic E-state index is -0.606. The number of esters is 1. The summed E-state index contributed by atoms with van der Waals surface area (Å²) in [5.41, 5.74) is 4.55. The highest BCUT2D eigenvalue weighted by Gasteiger charge is 2.09. The zero-order valence-electron chi connectivity index (χ0n) is 13.0. The Morgan fingerprint density at radius 3 is 2.91 bits per heavy atom. The van der Waals surface area contributed by atoms with Gasteiger partial charge in [-0.1, -0.05) is 6.07 Å². The molecular formula is C17H19N3O2. The van der Waals surface area contributed by atoms with Crippen LogP contribution in [0.4, 0.5) is 0 Å². The molecule has 1 aromatic heterocycles. The molecule has 0 atom stereocenters. The first-order valence-electron chi connectivity index (χ1n) is 7.15. The zero-order valence-corrected chi connectivity index (χ0v) is 13.0. The fourth-order valence-corrected chi connectivity index (χ4v) is 2.24. The second kappa shape index (κ2) is 6.81. The van der Waals surface area contributed by atoms with E-state index >= 15 is 0 Å². The first kappa shape index (κ1) is 15.6. The van der Waals surface area contributed by atoms with E-state index in [0.29, 0.717) is 6.54 Å². The quantitative estimate of drug-likeness (QED) is 0.505. The van der Waals surface area contributed by atoms with Crippen LogP contribution in [0.25, 0.3) is 10.9 Å². The van der Waals surface area contributed by atoms with Crippen molar-refractivity contribution in [3.63, 3.8) is 0 Å². The Hall–Kier alpha value is -2.74. The number of carbonyl (C=O) groups excluding carboxylic acids is 1. The molecule has 0 unspecified atom stereocenters. The monoisotopic (exact) mass is 297 g/mol. The first-order chi connectivity index (χ1) is 10.6. The summed E-state index contributed by atoms with van der Waals surface area (Å²) in [5, 5.41) is 13.1. The molecule has 0 spiro atoms. The summed E-state index contributed by atoms with van der Waals surface area (Å²) in [5.74, 6) is -0.606. The molecule has 22 heavy (non-hydrogen) atoms. The van der Waals surface area contributed by atoms with E-state index in [4.69, 9.17) is 10.00 Å². The highest BCUT2D eigenvalue weighted by atomic mass is 16.5. The normalized spacial score (nSPS) is 11.3.